The summed E-state index contributed by atoms with van der Waals surface area (Å²) in [6, 6.07) is 19.4. The lowest BCUT2D eigenvalue weighted by atomic mass is 10.2. The van der Waals surface area contributed by atoms with Crippen LogP contribution in [0.1, 0.15) is 17.5 Å². The quantitative estimate of drug-likeness (QED) is 0.652. The van der Waals surface area contributed by atoms with Crippen molar-refractivity contribution in [2.75, 3.05) is 39.3 Å². The summed E-state index contributed by atoms with van der Waals surface area (Å²) in [5, 5.41) is 1.13. The van der Waals surface area contributed by atoms with Crippen molar-refractivity contribution in [3.05, 3.63) is 83.3 Å². The predicted octanol–water partition coefficient (Wildman–Crippen LogP) is 2.82. The van der Waals surface area contributed by atoms with Gasteiger partial charge in [0.2, 0.25) is 15.9 Å². The van der Waals surface area contributed by atoms with Gasteiger partial charge in [-0.15, -0.1) is 0 Å². The lowest BCUT2D eigenvalue weighted by molar-refractivity contribution is -0.132. The number of nitrogens with zero attached hydrogens (tertiary/aromatic N) is 2. The number of amides is 1. The zero-order chi connectivity index (χ0) is 21.9. The highest BCUT2D eigenvalue weighted by Crippen LogP contribution is 2.06. The number of hydrogen-bond donors (Lipinski definition) is 1. The molecule has 164 valence electrons. The lowest BCUT2D eigenvalue weighted by Gasteiger charge is -2.34. The number of sulfonamides is 1. The van der Waals surface area contributed by atoms with Crippen molar-refractivity contribution < 1.29 is 13.2 Å². The van der Waals surface area contributed by atoms with Crippen LogP contribution in [-0.4, -0.2) is 63.4 Å². The third kappa shape index (κ3) is 8.13. The Hall–Kier alpha value is -2.74. The molecular weight excluding hydrogens is 410 g/mol. The topological polar surface area (TPSA) is 69.7 Å². The standard InChI is InChI=1S/C24H29N3O3S/c28-24(13-15-25-31(29,30)21-14-23-10-5-2-6-11-23)27-19-17-26(18-20-27)16-7-12-22-8-3-1-4-9-22/h1-12,14,21,25H,13,15-20H2/b12-7+,21-14+. The zero-order valence-corrected chi connectivity index (χ0v) is 18.4. The van der Waals surface area contributed by atoms with E-state index in [0.29, 0.717) is 13.1 Å². The van der Waals surface area contributed by atoms with Gasteiger partial charge in [-0.2, -0.15) is 0 Å². The second kappa shape index (κ2) is 11.6. The predicted molar refractivity (Wildman–Crippen MR) is 126 cm³/mol. The monoisotopic (exact) mass is 439 g/mol. The number of rotatable bonds is 9. The fourth-order valence-corrected chi connectivity index (χ4v) is 4.14. The minimum absolute atomic E-state index is 0.0192. The Kier molecular flexibility index (Phi) is 8.58. The molecule has 0 aliphatic carbocycles. The van der Waals surface area contributed by atoms with Gasteiger partial charge in [-0.1, -0.05) is 72.8 Å². The lowest BCUT2D eigenvalue weighted by Crippen LogP contribution is -2.49. The number of nitrogens with one attached hydrogen (secondary N) is 1. The average molecular weight is 440 g/mol. The molecule has 2 aromatic rings. The molecule has 0 radical (unpaired) electrons. The van der Waals surface area contributed by atoms with Gasteiger partial charge in [0, 0.05) is 51.1 Å². The molecule has 6 nitrogen and oxygen atoms in total. The highest BCUT2D eigenvalue weighted by atomic mass is 32.2. The van der Waals surface area contributed by atoms with E-state index in [1.54, 1.807) is 0 Å². The fraction of sp³-hybridized carbons (Fsp3) is 0.292. The number of carbonyl (C=O) groups excluding carboxylic acids is 1. The van der Waals surface area contributed by atoms with Crippen LogP contribution >= 0.6 is 0 Å². The minimum atomic E-state index is -3.57. The second-order valence-corrected chi connectivity index (χ2v) is 9.05. The highest BCUT2D eigenvalue weighted by Gasteiger charge is 2.20. The second-order valence-electron chi connectivity index (χ2n) is 7.40. The molecule has 0 saturated carbocycles. The van der Waals surface area contributed by atoms with Crippen LogP contribution in [0.4, 0.5) is 0 Å². The molecule has 1 N–H and O–H groups in total. The van der Waals surface area contributed by atoms with Crippen LogP contribution in [0.15, 0.2) is 72.1 Å². The van der Waals surface area contributed by atoms with Crippen LogP contribution in [0.3, 0.4) is 0 Å². The molecule has 1 aliphatic heterocycles. The van der Waals surface area contributed by atoms with E-state index >= 15 is 0 Å². The molecule has 2 aromatic carbocycles. The van der Waals surface area contributed by atoms with Gasteiger partial charge in [-0.25, -0.2) is 13.1 Å². The summed E-state index contributed by atoms with van der Waals surface area (Å²) in [7, 11) is -3.57. The van der Waals surface area contributed by atoms with Crippen LogP contribution in [-0.2, 0) is 14.8 Å². The minimum Gasteiger partial charge on any atom is -0.340 e. The van der Waals surface area contributed by atoms with Crippen molar-refractivity contribution in [1.82, 2.24) is 14.5 Å². The maximum Gasteiger partial charge on any atom is 0.233 e. The number of piperazine rings is 1. The van der Waals surface area contributed by atoms with Gasteiger partial charge in [0.05, 0.1) is 0 Å². The first-order chi connectivity index (χ1) is 15.0. The van der Waals surface area contributed by atoms with E-state index in [1.165, 1.54) is 11.6 Å². The van der Waals surface area contributed by atoms with Gasteiger partial charge >= 0.3 is 0 Å². The van der Waals surface area contributed by atoms with E-state index in [9.17, 15) is 13.2 Å². The SMILES string of the molecule is O=C(CCNS(=O)(=O)/C=C/c1ccccc1)N1CCN(C/C=C/c2ccccc2)CC1. The van der Waals surface area contributed by atoms with Crippen LogP contribution in [0, 0.1) is 0 Å². The smallest absolute Gasteiger partial charge is 0.233 e. The van der Waals surface area contributed by atoms with Crippen molar-refractivity contribution >= 4 is 28.1 Å². The molecule has 0 spiro atoms. The Balaban J connectivity index is 1.35. The molecule has 31 heavy (non-hydrogen) atoms. The molecule has 3 rings (SSSR count). The van der Waals surface area contributed by atoms with Gasteiger partial charge in [-0.05, 0) is 17.2 Å². The average Bonchev–Trinajstić information content (AvgIpc) is 2.79. The summed E-state index contributed by atoms with van der Waals surface area (Å²) in [5.41, 5.74) is 1.98. The van der Waals surface area contributed by atoms with Gasteiger partial charge in [0.1, 0.15) is 0 Å². The van der Waals surface area contributed by atoms with Crippen LogP contribution in [0.5, 0.6) is 0 Å². The summed E-state index contributed by atoms with van der Waals surface area (Å²) in [6.45, 7) is 3.91. The highest BCUT2D eigenvalue weighted by molar-refractivity contribution is 7.92. The van der Waals surface area contributed by atoms with E-state index < -0.39 is 10.0 Å². The van der Waals surface area contributed by atoms with Crippen molar-refractivity contribution in [3.63, 3.8) is 0 Å². The molecule has 0 unspecified atom stereocenters. The van der Waals surface area contributed by atoms with Gasteiger partial charge in [-0.3, -0.25) is 9.69 Å². The molecule has 0 atom stereocenters. The first-order valence-corrected chi connectivity index (χ1v) is 12.0. The van der Waals surface area contributed by atoms with Crippen LogP contribution in [0.25, 0.3) is 12.2 Å². The zero-order valence-electron chi connectivity index (χ0n) is 17.6. The molecule has 0 aromatic heterocycles. The van der Waals surface area contributed by atoms with Gasteiger partial charge in [0.15, 0.2) is 0 Å². The van der Waals surface area contributed by atoms with Crippen LogP contribution < -0.4 is 4.72 Å². The first kappa shape index (κ1) is 22.9. The molecular formula is C24H29N3O3S. The Morgan fingerprint density at radius 1 is 0.871 bits per heavy atom. The van der Waals surface area contributed by atoms with E-state index in [-0.39, 0.29) is 18.9 Å². The third-order valence-electron chi connectivity index (χ3n) is 5.08. The van der Waals surface area contributed by atoms with Crippen molar-refractivity contribution in [1.29, 1.82) is 0 Å². The van der Waals surface area contributed by atoms with Gasteiger partial charge in [0.25, 0.3) is 0 Å². The molecule has 1 saturated heterocycles. The number of hydrogen-bond acceptors (Lipinski definition) is 4. The summed E-state index contributed by atoms with van der Waals surface area (Å²) < 4.78 is 26.6. The summed E-state index contributed by atoms with van der Waals surface area (Å²) in [5.74, 6) is -0.0192. The van der Waals surface area contributed by atoms with E-state index in [0.717, 1.165) is 30.6 Å². The summed E-state index contributed by atoms with van der Waals surface area (Å²) in [4.78, 5) is 16.5. The number of carbonyl (C=O) groups is 1. The normalized spacial score (nSPS) is 15.7. The molecule has 0 bridgehead atoms. The van der Waals surface area contributed by atoms with Crippen molar-refractivity contribution in [2.24, 2.45) is 0 Å². The molecule has 1 heterocycles. The molecule has 1 aliphatic rings. The first-order valence-electron chi connectivity index (χ1n) is 10.5. The van der Waals surface area contributed by atoms with Gasteiger partial charge < -0.3 is 4.90 Å². The molecule has 1 fully saturated rings. The maximum absolute atomic E-state index is 12.4. The summed E-state index contributed by atoms with van der Waals surface area (Å²) >= 11 is 0. The summed E-state index contributed by atoms with van der Waals surface area (Å²) in [6.07, 6.45) is 5.95. The maximum atomic E-state index is 12.4. The number of benzene rings is 2. The van der Waals surface area contributed by atoms with E-state index in [2.05, 4.69) is 33.9 Å². The van der Waals surface area contributed by atoms with E-state index in [1.807, 2.05) is 53.4 Å². The molecule has 1 amide bonds. The van der Waals surface area contributed by atoms with Crippen molar-refractivity contribution in [3.8, 4) is 0 Å². The molecule has 7 heteroatoms. The third-order valence-corrected chi connectivity index (χ3v) is 6.18. The fourth-order valence-electron chi connectivity index (χ4n) is 3.32. The van der Waals surface area contributed by atoms with Crippen molar-refractivity contribution in [2.45, 2.75) is 6.42 Å². The Morgan fingerprint density at radius 2 is 1.45 bits per heavy atom. The Labute approximate surface area is 184 Å². The largest absolute Gasteiger partial charge is 0.340 e. The van der Waals surface area contributed by atoms with E-state index in [4.69, 9.17) is 0 Å². The van der Waals surface area contributed by atoms with Crippen LogP contribution in [0.2, 0.25) is 0 Å². The Morgan fingerprint density at radius 3 is 2.06 bits per heavy atom. The Bertz CT molecular complexity index is 981.